The number of carboxylic acid groups (broad SMARTS) is 1. The summed E-state index contributed by atoms with van der Waals surface area (Å²) in [6.45, 7) is 9.12. The van der Waals surface area contributed by atoms with E-state index in [9.17, 15) is 9.90 Å². The van der Waals surface area contributed by atoms with E-state index in [-0.39, 0.29) is 12.0 Å². The molecule has 1 saturated heterocycles. The van der Waals surface area contributed by atoms with E-state index in [1.54, 1.807) is 0 Å². The van der Waals surface area contributed by atoms with Gasteiger partial charge in [0.2, 0.25) is 0 Å². The molecule has 2 fully saturated rings. The molecule has 4 atom stereocenters. The van der Waals surface area contributed by atoms with Crippen LogP contribution in [0.2, 0.25) is 0 Å². The summed E-state index contributed by atoms with van der Waals surface area (Å²) in [5, 5.41) is 9.58. The quantitative estimate of drug-likeness (QED) is 0.851. The number of hydrogen-bond acceptors (Lipinski definition) is 2. The van der Waals surface area contributed by atoms with Gasteiger partial charge in [0.15, 0.2) is 0 Å². The molecule has 1 aliphatic heterocycles. The third-order valence-electron chi connectivity index (χ3n) is 6.04. The highest BCUT2D eigenvalue weighted by Crippen LogP contribution is 2.36. The second-order valence-electron chi connectivity index (χ2n) is 7.57. The fraction of sp³-hybridized carbons (Fsp3) is 0.944. The monoisotopic (exact) mass is 295 g/mol. The fourth-order valence-corrected chi connectivity index (χ4v) is 4.44. The van der Waals surface area contributed by atoms with Gasteiger partial charge in [-0.15, -0.1) is 0 Å². The Bertz CT molecular complexity index is 342. The smallest absolute Gasteiger partial charge is 0.308 e. The predicted molar refractivity (Wildman–Crippen MR) is 86.3 cm³/mol. The molecule has 0 spiro atoms. The molecule has 0 radical (unpaired) electrons. The van der Waals surface area contributed by atoms with E-state index < -0.39 is 5.97 Å². The zero-order chi connectivity index (χ0) is 15.4. The summed E-state index contributed by atoms with van der Waals surface area (Å²) in [5.74, 6) is 1.61. The Balaban J connectivity index is 2.03. The molecular weight excluding hydrogens is 262 g/mol. The van der Waals surface area contributed by atoms with Gasteiger partial charge in [0, 0.05) is 6.04 Å². The topological polar surface area (TPSA) is 40.5 Å². The highest BCUT2D eigenvalue weighted by atomic mass is 16.4. The highest BCUT2D eigenvalue weighted by Gasteiger charge is 2.38. The fourth-order valence-electron chi connectivity index (χ4n) is 4.44. The van der Waals surface area contributed by atoms with Crippen LogP contribution in [0.4, 0.5) is 0 Å². The lowest BCUT2D eigenvalue weighted by atomic mass is 9.76. The van der Waals surface area contributed by atoms with E-state index in [1.165, 1.54) is 25.7 Å². The summed E-state index contributed by atoms with van der Waals surface area (Å²) >= 11 is 0. The van der Waals surface area contributed by atoms with Crippen LogP contribution < -0.4 is 0 Å². The van der Waals surface area contributed by atoms with E-state index in [1.807, 2.05) is 0 Å². The third kappa shape index (κ3) is 4.21. The molecule has 3 heteroatoms. The molecule has 21 heavy (non-hydrogen) atoms. The van der Waals surface area contributed by atoms with Crippen molar-refractivity contribution in [3.8, 4) is 0 Å². The lowest BCUT2D eigenvalue weighted by Crippen LogP contribution is -2.47. The van der Waals surface area contributed by atoms with Gasteiger partial charge in [0.1, 0.15) is 0 Å². The molecule has 3 nitrogen and oxygen atoms in total. The number of carboxylic acids is 1. The van der Waals surface area contributed by atoms with Crippen LogP contribution >= 0.6 is 0 Å². The van der Waals surface area contributed by atoms with Crippen molar-refractivity contribution >= 4 is 5.97 Å². The van der Waals surface area contributed by atoms with Gasteiger partial charge in [0.25, 0.3) is 0 Å². The number of aliphatic carboxylic acids is 1. The van der Waals surface area contributed by atoms with Gasteiger partial charge in [-0.2, -0.15) is 0 Å². The Kier molecular flexibility index (Phi) is 6.09. The van der Waals surface area contributed by atoms with Gasteiger partial charge in [-0.05, 0) is 69.4 Å². The first kappa shape index (κ1) is 16.8. The number of hydrogen-bond donors (Lipinski definition) is 1. The van der Waals surface area contributed by atoms with Gasteiger partial charge in [0.05, 0.1) is 5.92 Å². The molecule has 0 aromatic carbocycles. The van der Waals surface area contributed by atoms with E-state index in [0.29, 0.717) is 0 Å². The van der Waals surface area contributed by atoms with Crippen LogP contribution in [-0.4, -0.2) is 35.1 Å². The number of rotatable bonds is 4. The second kappa shape index (κ2) is 7.62. The molecule has 2 aliphatic rings. The highest BCUT2D eigenvalue weighted by molar-refractivity contribution is 5.71. The van der Waals surface area contributed by atoms with E-state index in [0.717, 1.165) is 50.1 Å². The summed E-state index contributed by atoms with van der Waals surface area (Å²) in [4.78, 5) is 14.2. The van der Waals surface area contributed by atoms with Crippen LogP contribution in [-0.2, 0) is 4.79 Å². The van der Waals surface area contributed by atoms with Crippen LogP contribution in [0.5, 0.6) is 0 Å². The Hall–Kier alpha value is -0.570. The summed E-state index contributed by atoms with van der Waals surface area (Å²) in [6.07, 6.45) is 8.08. The number of likely N-dealkylation sites (tertiary alicyclic amines) is 1. The van der Waals surface area contributed by atoms with Gasteiger partial charge in [-0.1, -0.05) is 27.2 Å². The van der Waals surface area contributed by atoms with Crippen molar-refractivity contribution in [2.75, 3.05) is 13.1 Å². The molecule has 4 unspecified atom stereocenters. The lowest BCUT2D eigenvalue weighted by molar-refractivity contribution is -0.146. The molecular formula is C18H33NO2. The molecule has 1 heterocycles. The van der Waals surface area contributed by atoms with Crippen molar-refractivity contribution in [1.29, 1.82) is 0 Å². The Morgan fingerprint density at radius 2 is 1.95 bits per heavy atom. The van der Waals surface area contributed by atoms with E-state index >= 15 is 0 Å². The molecule has 0 bridgehead atoms. The third-order valence-corrected chi connectivity index (χ3v) is 6.04. The van der Waals surface area contributed by atoms with Crippen LogP contribution in [0.1, 0.15) is 65.7 Å². The van der Waals surface area contributed by atoms with Crippen LogP contribution in [0.3, 0.4) is 0 Å². The van der Waals surface area contributed by atoms with Crippen molar-refractivity contribution in [3.05, 3.63) is 0 Å². The first-order valence-corrected chi connectivity index (χ1v) is 8.99. The summed E-state index contributed by atoms with van der Waals surface area (Å²) in [7, 11) is 0. The first-order valence-electron chi connectivity index (χ1n) is 8.99. The molecule has 122 valence electrons. The molecule has 1 N–H and O–H groups in total. The maximum Gasteiger partial charge on any atom is 0.308 e. The zero-order valence-electron chi connectivity index (χ0n) is 14.1. The molecule has 2 rings (SSSR count). The normalized spacial score (nSPS) is 35.6. The summed E-state index contributed by atoms with van der Waals surface area (Å²) in [6, 6.07) is 0.284. The predicted octanol–water partition coefficient (Wildman–Crippen LogP) is 4.02. The minimum absolute atomic E-state index is 0.136. The van der Waals surface area contributed by atoms with Crippen molar-refractivity contribution in [3.63, 3.8) is 0 Å². The maximum atomic E-state index is 11.6. The largest absolute Gasteiger partial charge is 0.481 e. The van der Waals surface area contributed by atoms with Crippen molar-refractivity contribution in [2.24, 2.45) is 23.7 Å². The van der Waals surface area contributed by atoms with Crippen LogP contribution in [0.25, 0.3) is 0 Å². The standard InChI is InChI=1S/C18H33NO2/c1-4-14-7-8-16(18(20)21)17(12-14)19-10-5-6-15(9-11-19)13(2)3/h13-17H,4-12H2,1-3H3,(H,20,21). The average Bonchev–Trinajstić information content (AvgIpc) is 2.72. The van der Waals surface area contributed by atoms with Crippen molar-refractivity contribution < 1.29 is 9.90 Å². The maximum absolute atomic E-state index is 11.6. The number of nitrogens with zero attached hydrogens (tertiary/aromatic N) is 1. The number of carbonyl (C=O) groups is 1. The van der Waals surface area contributed by atoms with E-state index in [2.05, 4.69) is 25.7 Å². The van der Waals surface area contributed by atoms with Crippen molar-refractivity contribution in [2.45, 2.75) is 71.8 Å². The summed E-state index contributed by atoms with van der Waals surface area (Å²) in [5.41, 5.74) is 0. The van der Waals surface area contributed by atoms with Gasteiger partial charge in [-0.3, -0.25) is 9.69 Å². The summed E-state index contributed by atoms with van der Waals surface area (Å²) < 4.78 is 0. The minimum atomic E-state index is -0.570. The van der Waals surface area contributed by atoms with Gasteiger partial charge in [-0.25, -0.2) is 0 Å². The van der Waals surface area contributed by atoms with Crippen LogP contribution in [0.15, 0.2) is 0 Å². The average molecular weight is 295 g/mol. The molecule has 0 aromatic heterocycles. The second-order valence-corrected chi connectivity index (χ2v) is 7.57. The first-order chi connectivity index (χ1) is 10.0. The van der Waals surface area contributed by atoms with E-state index in [4.69, 9.17) is 0 Å². The van der Waals surface area contributed by atoms with Crippen molar-refractivity contribution in [1.82, 2.24) is 4.90 Å². The Labute approximate surface area is 130 Å². The zero-order valence-corrected chi connectivity index (χ0v) is 14.1. The molecule has 1 aliphatic carbocycles. The molecule has 0 aromatic rings. The molecule has 1 saturated carbocycles. The lowest BCUT2D eigenvalue weighted by Gasteiger charge is -2.40. The Morgan fingerprint density at radius 1 is 1.19 bits per heavy atom. The minimum Gasteiger partial charge on any atom is -0.481 e. The van der Waals surface area contributed by atoms with Crippen LogP contribution in [0, 0.1) is 23.7 Å². The van der Waals surface area contributed by atoms with Gasteiger partial charge < -0.3 is 5.11 Å². The molecule has 0 amide bonds. The Morgan fingerprint density at radius 3 is 2.57 bits per heavy atom. The van der Waals surface area contributed by atoms with Gasteiger partial charge >= 0.3 is 5.97 Å². The SMILES string of the molecule is CCC1CCC(C(=O)O)C(N2CCCC(C(C)C)CC2)C1.